The van der Waals surface area contributed by atoms with E-state index in [0.717, 1.165) is 31.6 Å². The zero-order valence-electron chi connectivity index (χ0n) is 11.8. The Morgan fingerprint density at radius 1 is 1.42 bits per heavy atom. The first-order chi connectivity index (χ1) is 9.11. The van der Waals surface area contributed by atoms with Gasteiger partial charge in [0.2, 0.25) is 0 Å². The highest BCUT2D eigenvalue weighted by Crippen LogP contribution is 2.15. The van der Waals surface area contributed by atoms with E-state index >= 15 is 0 Å². The van der Waals surface area contributed by atoms with Crippen molar-refractivity contribution in [1.82, 2.24) is 14.8 Å². The Kier molecular flexibility index (Phi) is 4.39. The third-order valence-corrected chi connectivity index (χ3v) is 3.27. The van der Waals surface area contributed by atoms with Crippen molar-refractivity contribution in [2.75, 3.05) is 27.2 Å². The standard InChI is InChI=1S/C14H21N3O2/c1-15-7-4-8-16(2)10-11-5-6-13-12(9-11)17(3)14(18)19-13/h5-6,9,15H,4,7-8,10H2,1-3H3. The van der Waals surface area contributed by atoms with E-state index in [1.165, 1.54) is 5.56 Å². The molecule has 2 rings (SSSR count). The zero-order valence-corrected chi connectivity index (χ0v) is 11.8. The van der Waals surface area contributed by atoms with Crippen LogP contribution in [-0.4, -0.2) is 36.7 Å². The molecule has 0 atom stereocenters. The number of fused-ring (bicyclic) bond motifs is 1. The molecule has 1 heterocycles. The van der Waals surface area contributed by atoms with Gasteiger partial charge in [-0.2, -0.15) is 0 Å². The lowest BCUT2D eigenvalue weighted by Gasteiger charge is -2.16. The number of hydrogen-bond acceptors (Lipinski definition) is 4. The molecule has 1 aromatic carbocycles. The third kappa shape index (κ3) is 3.24. The van der Waals surface area contributed by atoms with Crippen LogP contribution in [-0.2, 0) is 13.6 Å². The molecule has 0 saturated carbocycles. The van der Waals surface area contributed by atoms with Crippen LogP contribution in [0.25, 0.3) is 11.1 Å². The van der Waals surface area contributed by atoms with Crippen LogP contribution in [0.5, 0.6) is 0 Å². The molecule has 1 aromatic heterocycles. The summed E-state index contributed by atoms with van der Waals surface area (Å²) in [4.78, 5) is 13.7. The van der Waals surface area contributed by atoms with Gasteiger partial charge in [0.1, 0.15) is 0 Å². The van der Waals surface area contributed by atoms with Crippen molar-refractivity contribution in [3.63, 3.8) is 0 Å². The molecule has 0 amide bonds. The van der Waals surface area contributed by atoms with E-state index in [0.29, 0.717) is 5.58 Å². The number of aromatic nitrogens is 1. The maximum absolute atomic E-state index is 11.4. The van der Waals surface area contributed by atoms with Gasteiger partial charge in [0, 0.05) is 13.6 Å². The minimum atomic E-state index is -0.311. The van der Waals surface area contributed by atoms with E-state index in [1.807, 2.05) is 25.2 Å². The molecule has 0 aliphatic heterocycles. The Labute approximate surface area is 112 Å². The lowest BCUT2D eigenvalue weighted by Crippen LogP contribution is -2.22. The summed E-state index contributed by atoms with van der Waals surface area (Å²) in [6.45, 7) is 2.95. The van der Waals surface area contributed by atoms with E-state index in [2.05, 4.69) is 17.3 Å². The van der Waals surface area contributed by atoms with Crippen LogP contribution in [0.2, 0.25) is 0 Å². The van der Waals surface area contributed by atoms with E-state index in [9.17, 15) is 4.79 Å². The van der Waals surface area contributed by atoms with Crippen molar-refractivity contribution in [2.45, 2.75) is 13.0 Å². The Hall–Kier alpha value is -1.59. The van der Waals surface area contributed by atoms with E-state index < -0.39 is 0 Å². The summed E-state index contributed by atoms with van der Waals surface area (Å²) >= 11 is 0. The Morgan fingerprint density at radius 2 is 2.21 bits per heavy atom. The summed E-state index contributed by atoms with van der Waals surface area (Å²) in [5.74, 6) is -0.311. The van der Waals surface area contributed by atoms with E-state index in [4.69, 9.17) is 4.42 Å². The SMILES string of the molecule is CNCCCN(C)Cc1ccc2oc(=O)n(C)c2c1. The van der Waals surface area contributed by atoms with Crippen LogP contribution in [0, 0.1) is 0 Å². The van der Waals surface area contributed by atoms with E-state index in [1.54, 1.807) is 11.6 Å². The topological polar surface area (TPSA) is 50.4 Å². The molecule has 0 spiro atoms. The third-order valence-electron chi connectivity index (χ3n) is 3.27. The van der Waals surface area contributed by atoms with Crippen molar-refractivity contribution in [1.29, 1.82) is 0 Å². The highest BCUT2D eigenvalue weighted by atomic mass is 16.4. The fourth-order valence-corrected chi connectivity index (χ4v) is 2.19. The predicted octanol–water partition coefficient (Wildman–Crippen LogP) is 1.17. The smallest absolute Gasteiger partial charge is 0.408 e. The molecule has 0 saturated heterocycles. The highest BCUT2D eigenvalue weighted by Gasteiger charge is 2.07. The van der Waals surface area contributed by atoms with Crippen molar-refractivity contribution in [3.05, 3.63) is 34.3 Å². The molecule has 0 fully saturated rings. The minimum absolute atomic E-state index is 0.311. The van der Waals surface area contributed by atoms with Gasteiger partial charge in [-0.1, -0.05) is 6.07 Å². The Balaban J connectivity index is 2.08. The van der Waals surface area contributed by atoms with Crippen LogP contribution in [0.3, 0.4) is 0 Å². The lowest BCUT2D eigenvalue weighted by molar-refractivity contribution is 0.321. The number of rotatable bonds is 6. The molecule has 5 heteroatoms. The molecule has 0 bridgehead atoms. The summed E-state index contributed by atoms with van der Waals surface area (Å²) in [6, 6.07) is 5.90. The van der Waals surface area contributed by atoms with Crippen molar-refractivity contribution < 1.29 is 4.42 Å². The first kappa shape index (κ1) is 13.8. The molecule has 19 heavy (non-hydrogen) atoms. The molecule has 0 aliphatic rings. The maximum atomic E-state index is 11.4. The Morgan fingerprint density at radius 3 is 2.95 bits per heavy atom. The zero-order chi connectivity index (χ0) is 13.8. The fraction of sp³-hybridized carbons (Fsp3) is 0.500. The Bertz CT molecular complexity index is 600. The van der Waals surface area contributed by atoms with E-state index in [-0.39, 0.29) is 5.76 Å². The first-order valence-electron chi connectivity index (χ1n) is 6.53. The van der Waals surface area contributed by atoms with Gasteiger partial charge in [0.05, 0.1) is 5.52 Å². The molecule has 5 nitrogen and oxygen atoms in total. The largest absolute Gasteiger partial charge is 0.419 e. The maximum Gasteiger partial charge on any atom is 0.419 e. The summed E-state index contributed by atoms with van der Waals surface area (Å²) in [6.07, 6.45) is 1.12. The van der Waals surface area contributed by atoms with Crippen molar-refractivity contribution in [2.24, 2.45) is 7.05 Å². The molecule has 0 unspecified atom stereocenters. The van der Waals surface area contributed by atoms with Gasteiger partial charge in [-0.05, 0) is 51.3 Å². The summed E-state index contributed by atoms with van der Waals surface area (Å²) < 4.78 is 6.67. The second-order valence-corrected chi connectivity index (χ2v) is 4.92. The minimum Gasteiger partial charge on any atom is -0.408 e. The highest BCUT2D eigenvalue weighted by molar-refractivity contribution is 5.73. The van der Waals surface area contributed by atoms with Gasteiger partial charge >= 0.3 is 5.76 Å². The van der Waals surface area contributed by atoms with Gasteiger partial charge < -0.3 is 14.6 Å². The van der Waals surface area contributed by atoms with Crippen LogP contribution >= 0.6 is 0 Å². The second kappa shape index (κ2) is 6.04. The summed E-state index contributed by atoms with van der Waals surface area (Å²) in [5.41, 5.74) is 2.69. The van der Waals surface area contributed by atoms with Gasteiger partial charge in [-0.25, -0.2) is 4.79 Å². The molecular weight excluding hydrogens is 242 g/mol. The average molecular weight is 263 g/mol. The average Bonchev–Trinajstić information content (AvgIpc) is 2.66. The van der Waals surface area contributed by atoms with Gasteiger partial charge in [0.15, 0.2) is 5.58 Å². The number of benzene rings is 1. The molecular formula is C14H21N3O2. The molecule has 1 N–H and O–H groups in total. The number of nitrogens with one attached hydrogen (secondary N) is 1. The quantitative estimate of drug-likeness (QED) is 0.795. The number of aryl methyl sites for hydroxylation is 1. The summed E-state index contributed by atoms with van der Waals surface area (Å²) in [7, 11) is 5.80. The van der Waals surface area contributed by atoms with Crippen LogP contribution in [0.1, 0.15) is 12.0 Å². The van der Waals surface area contributed by atoms with Gasteiger partial charge in [-0.3, -0.25) is 4.57 Å². The van der Waals surface area contributed by atoms with Crippen LogP contribution in [0.15, 0.2) is 27.4 Å². The number of nitrogens with zero attached hydrogens (tertiary/aromatic N) is 2. The molecule has 104 valence electrons. The number of hydrogen-bond donors (Lipinski definition) is 1. The molecule has 2 aromatic rings. The second-order valence-electron chi connectivity index (χ2n) is 4.92. The van der Waals surface area contributed by atoms with Crippen LogP contribution < -0.4 is 11.1 Å². The number of oxazole rings is 1. The van der Waals surface area contributed by atoms with Crippen LogP contribution in [0.4, 0.5) is 0 Å². The fourth-order valence-electron chi connectivity index (χ4n) is 2.19. The molecule has 0 radical (unpaired) electrons. The van der Waals surface area contributed by atoms with Crippen molar-refractivity contribution in [3.8, 4) is 0 Å². The first-order valence-corrected chi connectivity index (χ1v) is 6.53. The van der Waals surface area contributed by atoms with Gasteiger partial charge in [-0.15, -0.1) is 0 Å². The monoisotopic (exact) mass is 263 g/mol. The van der Waals surface area contributed by atoms with Crippen molar-refractivity contribution >= 4 is 11.1 Å². The summed E-state index contributed by atoms with van der Waals surface area (Å²) in [5, 5.41) is 3.14. The normalized spacial score (nSPS) is 11.6. The predicted molar refractivity (Wildman–Crippen MR) is 76.3 cm³/mol. The van der Waals surface area contributed by atoms with Gasteiger partial charge in [0.25, 0.3) is 0 Å². The lowest BCUT2D eigenvalue weighted by atomic mass is 10.2. The molecule has 0 aliphatic carbocycles.